The number of nitrogens with one attached hydrogen (secondary N) is 1. The Morgan fingerprint density at radius 3 is 2.29 bits per heavy atom. The Bertz CT molecular complexity index is 594. The van der Waals surface area contributed by atoms with Gasteiger partial charge in [-0.3, -0.25) is 5.84 Å². The fourth-order valence-electron chi connectivity index (χ4n) is 3.21. The molecule has 2 aromatic carbocycles. The topological polar surface area (TPSA) is 38.0 Å². The molecule has 0 aromatic heterocycles. The first-order chi connectivity index (χ1) is 10.1. The van der Waals surface area contributed by atoms with Gasteiger partial charge in [0, 0.05) is 0 Å². The monoisotopic (exact) mass is 282 g/mol. The lowest BCUT2D eigenvalue weighted by Gasteiger charge is -2.22. The number of hydrogen-bond acceptors (Lipinski definition) is 2. The third kappa shape index (κ3) is 3.52. The number of hydrogen-bond donors (Lipinski definition) is 2. The molecule has 2 nitrogen and oxygen atoms in total. The van der Waals surface area contributed by atoms with Crippen molar-refractivity contribution in [3.05, 3.63) is 69.8 Å². The van der Waals surface area contributed by atoms with E-state index in [1.165, 1.54) is 33.4 Å². The number of aryl methyl sites for hydroxylation is 4. The molecule has 21 heavy (non-hydrogen) atoms. The summed E-state index contributed by atoms with van der Waals surface area (Å²) in [6.07, 6.45) is 2.27. The molecule has 0 fully saturated rings. The molecule has 2 aromatic rings. The largest absolute Gasteiger partial charge is 0.271 e. The summed E-state index contributed by atoms with van der Waals surface area (Å²) in [7, 11) is 0. The second-order valence-electron chi connectivity index (χ2n) is 5.91. The summed E-state index contributed by atoms with van der Waals surface area (Å²) in [5, 5.41) is 0. The van der Waals surface area contributed by atoms with Gasteiger partial charge in [0.15, 0.2) is 0 Å². The SMILES string of the molecule is CCCc1cccc(C(NN)c2c(C)cc(C)cc2C)c1. The van der Waals surface area contributed by atoms with E-state index in [9.17, 15) is 0 Å². The van der Waals surface area contributed by atoms with Crippen molar-refractivity contribution in [3.8, 4) is 0 Å². The van der Waals surface area contributed by atoms with Gasteiger partial charge in [-0.05, 0) is 55.0 Å². The normalized spacial score (nSPS) is 12.4. The van der Waals surface area contributed by atoms with E-state index in [0.717, 1.165) is 12.8 Å². The lowest BCUT2D eigenvalue weighted by Crippen LogP contribution is -2.30. The molecule has 2 heteroatoms. The molecule has 0 aliphatic heterocycles. The highest BCUT2D eigenvalue weighted by molar-refractivity contribution is 5.44. The van der Waals surface area contributed by atoms with Gasteiger partial charge >= 0.3 is 0 Å². The first-order valence-electron chi connectivity index (χ1n) is 7.69. The van der Waals surface area contributed by atoms with E-state index in [1.54, 1.807) is 0 Å². The quantitative estimate of drug-likeness (QED) is 0.639. The van der Waals surface area contributed by atoms with Crippen LogP contribution in [-0.2, 0) is 6.42 Å². The van der Waals surface area contributed by atoms with Crippen molar-refractivity contribution in [1.29, 1.82) is 0 Å². The van der Waals surface area contributed by atoms with Crippen LogP contribution in [0.3, 0.4) is 0 Å². The smallest absolute Gasteiger partial charge is 0.0715 e. The summed E-state index contributed by atoms with van der Waals surface area (Å²) in [6.45, 7) is 8.67. The first-order valence-corrected chi connectivity index (χ1v) is 7.69. The molecule has 112 valence electrons. The fraction of sp³-hybridized carbons (Fsp3) is 0.368. The summed E-state index contributed by atoms with van der Waals surface area (Å²) in [4.78, 5) is 0. The predicted molar refractivity (Wildman–Crippen MR) is 90.3 cm³/mol. The second kappa shape index (κ2) is 6.88. The van der Waals surface area contributed by atoms with E-state index in [4.69, 9.17) is 5.84 Å². The molecule has 0 amide bonds. The van der Waals surface area contributed by atoms with Crippen LogP contribution in [-0.4, -0.2) is 0 Å². The standard InChI is InChI=1S/C19H26N2/c1-5-7-16-8-6-9-17(12-16)19(21-20)18-14(3)10-13(2)11-15(18)4/h6,8-12,19,21H,5,7,20H2,1-4H3. The lowest BCUT2D eigenvalue weighted by molar-refractivity contribution is 0.629. The molecule has 0 aliphatic rings. The maximum absolute atomic E-state index is 5.89. The summed E-state index contributed by atoms with van der Waals surface area (Å²) >= 11 is 0. The van der Waals surface area contributed by atoms with Crippen molar-refractivity contribution in [2.75, 3.05) is 0 Å². The molecule has 0 heterocycles. The van der Waals surface area contributed by atoms with Crippen LogP contribution in [0.15, 0.2) is 36.4 Å². The van der Waals surface area contributed by atoms with Gasteiger partial charge in [-0.15, -0.1) is 0 Å². The van der Waals surface area contributed by atoms with Gasteiger partial charge < -0.3 is 0 Å². The van der Waals surface area contributed by atoms with Crippen molar-refractivity contribution in [2.24, 2.45) is 5.84 Å². The van der Waals surface area contributed by atoms with E-state index in [-0.39, 0.29) is 6.04 Å². The van der Waals surface area contributed by atoms with Gasteiger partial charge in [0.25, 0.3) is 0 Å². The van der Waals surface area contributed by atoms with Gasteiger partial charge in [0.1, 0.15) is 0 Å². The number of nitrogens with two attached hydrogens (primary N) is 1. The van der Waals surface area contributed by atoms with Crippen LogP contribution in [0.2, 0.25) is 0 Å². The average molecular weight is 282 g/mol. The molecule has 0 radical (unpaired) electrons. The molecule has 1 unspecified atom stereocenters. The zero-order valence-electron chi connectivity index (χ0n) is 13.5. The minimum Gasteiger partial charge on any atom is -0.271 e. The van der Waals surface area contributed by atoms with Crippen molar-refractivity contribution in [3.63, 3.8) is 0 Å². The minimum atomic E-state index is 0.0439. The van der Waals surface area contributed by atoms with E-state index >= 15 is 0 Å². The molecule has 3 N–H and O–H groups in total. The Labute approximate surface area is 128 Å². The molecule has 0 bridgehead atoms. The Hall–Kier alpha value is -1.64. The summed E-state index contributed by atoms with van der Waals surface area (Å²) in [5.74, 6) is 5.89. The number of benzene rings is 2. The molecule has 2 rings (SSSR count). The van der Waals surface area contributed by atoms with Crippen LogP contribution >= 0.6 is 0 Å². The summed E-state index contributed by atoms with van der Waals surface area (Å²) < 4.78 is 0. The Balaban J connectivity index is 2.47. The molecular weight excluding hydrogens is 256 g/mol. The zero-order valence-corrected chi connectivity index (χ0v) is 13.5. The molecule has 0 spiro atoms. The van der Waals surface area contributed by atoms with Crippen LogP contribution < -0.4 is 11.3 Å². The van der Waals surface area contributed by atoms with Crippen molar-refractivity contribution >= 4 is 0 Å². The lowest BCUT2D eigenvalue weighted by atomic mass is 9.89. The van der Waals surface area contributed by atoms with Gasteiger partial charge in [0.05, 0.1) is 6.04 Å². The number of hydrazine groups is 1. The second-order valence-corrected chi connectivity index (χ2v) is 5.91. The van der Waals surface area contributed by atoms with E-state index < -0.39 is 0 Å². The van der Waals surface area contributed by atoms with Crippen LogP contribution in [0, 0.1) is 20.8 Å². The third-order valence-electron chi connectivity index (χ3n) is 4.02. The minimum absolute atomic E-state index is 0.0439. The van der Waals surface area contributed by atoms with Crippen LogP contribution in [0.25, 0.3) is 0 Å². The molecule has 0 saturated carbocycles. The van der Waals surface area contributed by atoms with Crippen molar-refractivity contribution in [1.82, 2.24) is 5.43 Å². The maximum Gasteiger partial charge on any atom is 0.0715 e. The highest BCUT2D eigenvalue weighted by Crippen LogP contribution is 2.29. The first kappa shape index (κ1) is 15.7. The predicted octanol–water partition coefficient (Wildman–Crippen LogP) is 4.12. The van der Waals surface area contributed by atoms with E-state index in [0.29, 0.717) is 0 Å². The van der Waals surface area contributed by atoms with Crippen molar-refractivity contribution in [2.45, 2.75) is 46.6 Å². The van der Waals surface area contributed by atoms with E-state index in [2.05, 4.69) is 69.5 Å². The van der Waals surface area contributed by atoms with Crippen molar-refractivity contribution < 1.29 is 0 Å². The highest BCUT2D eigenvalue weighted by atomic mass is 15.2. The Kier molecular flexibility index (Phi) is 5.16. The molecule has 0 aliphatic carbocycles. The zero-order chi connectivity index (χ0) is 15.4. The molecular formula is C19H26N2. The van der Waals surface area contributed by atoms with E-state index in [1.807, 2.05) is 0 Å². The Morgan fingerprint density at radius 1 is 1.05 bits per heavy atom. The molecule has 1 atom stereocenters. The summed E-state index contributed by atoms with van der Waals surface area (Å²) in [6, 6.07) is 13.2. The molecule has 0 saturated heterocycles. The average Bonchev–Trinajstić information content (AvgIpc) is 2.43. The van der Waals surface area contributed by atoms with Gasteiger partial charge in [-0.25, -0.2) is 5.43 Å². The van der Waals surface area contributed by atoms with Crippen LogP contribution in [0.5, 0.6) is 0 Å². The van der Waals surface area contributed by atoms with Crippen LogP contribution in [0.1, 0.15) is 52.8 Å². The van der Waals surface area contributed by atoms with Gasteiger partial charge in [-0.2, -0.15) is 0 Å². The fourth-order valence-corrected chi connectivity index (χ4v) is 3.21. The highest BCUT2D eigenvalue weighted by Gasteiger charge is 2.17. The number of rotatable bonds is 5. The van der Waals surface area contributed by atoms with Gasteiger partial charge in [0.2, 0.25) is 0 Å². The third-order valence-corrected chi connectivity index (χ3v) is 4.02. The van der Waals surface area contributed by atoms with Gasteiger partial charge in [-0.1, -0.05) is 55.3 Å². The maximum atomic E-state index is 5.89. The Morgan fingerprint density at radius 2 is 1.71 bits per heavy atom. The summed E-state index contributed by atoms with van der Waals surface area (Å²) in [5.41, 5.74) is 10.8. The van der Waals surface area contributed by atoms with Crippen LogP contribution in [0.4, 0.5) is 0 Å².